The molecule has 41 heavy (non-hydrogen) atoms. The van der Waals surface area contributed by atoms with E-state index in [9.17, 15) is 15.0 Å². The van der Waals surface area contributed by atoms with E-state index in [2.05, 4.69) is 19.1 Å². The van der Waals surface area contributed by atoms with Crippen LogP contribution in [0.1, 0.15) is 149 Å². The van der Waals surface area contributed by atoms with Gasteiger partial charge in [-0.3, -0.25) is 0 Å². The Balaban J connectivity index is 1.16. The lowest BCUT2D eigenvalue weighted by Gasteiger charge is -2.24. The monoisotopic (exact) mass is 576 g/mol. The first-order chi connectivity index (χ1) is 20.0. The van der Waals surface area contributed by atoms with E-state index in [1.807, 2.05) is 13.0 Å². The van der Waals surface area contributed by atoms with E-state index in [-0.39, 0.29) is 42.6 Å². The number of carbonyl (C=O) groups excluding carboxylic acids is 1. The largest absolute Gasteiger partial charge is 0.455 e. The molecular weight excluding hydrogens is 516 g/mol. The zero-order chi connectivity index (χ0) is 29.3. The van der Waals surface area contributed by atoms with Crippen molar-refractivity contribution in [2.75, 3.05) is 0 Å². The topological polar surface area (TPSA) is 85.2 Å². The van der Waals surface area contributed by atoms with Crippen LogP contribution in [0.25, 0.3) is 0 Å². The Bertz CT molecular complexity index is 779. The van der Waals surface area contributed by atoms with Crippen molar-refractivity contribution in [3.05, 3.63) is 23.8 Å². The molecule has 0 unspecified atom stereocenters. The molecule has 2 fully saturated rings. The molecule has 0 saturated carbocycles. The van der Waals surface area contributed by atoms with Crippen LogP contribution in [0.2, 0.25) is 0 Å². The van der Waals surface area contributed by atoms with Gasteiger partial charge in [-0.1, -0.05) is 96.1 Å². The third kappa shape index (κ3) is 12.9. The number of carbonyl (C=O) groups is 1. The summed E-state index contributed by atoms with van der Waals surface area (Å²) in [6.07, 6.45) is 28.3. The molecule has 3 aliphatic rings. The Labute approximate surface area is 250 Å². The third-order valence-electron chi connectivity index (χ3n) is 9.16. The minimum Gasteiger partial charge on any atom is -0.455 e. The highest BCUT2D eigenvalue weighted by Gasteiger charge is 2.40. The predicted molar refractivity (Wildman–Crippen MR) is 165 cm³/mol. The number of rotatable bonds is 22. The van der Waals surface area contributed by atoms with E-state index in [1.54, 1.807) is 0 Å². The van der Waals surface area contributed by atoms with Crippen molar-refractivity contribution in [2.24, 2.45) is 0 Å². The fraction of sp³-hybridized carbons (Fsp3) is 0.857. The van der Waals surface area contributed by atoms with Crippen LogP contribution in [0, 0.1) is 0 Å². The standard InChI is InChI=1S/C35H60O6/c1-3-4-5-6-7-11-14-17-20-29(36)31-22-24-33(40-31)34-25-23-32(41-34)30(37)21-18-15-12-9-8-10-13-16-19-28-26-27(2)39-35(28)38/h13,16,26-27,29-34,36-37H,3-12,14-15,17-25H2,1-2H3/b16-13+/t27-,29-,30+,31+,32+,33-,34-/m0/s1. The van der Waals surface area contributed by atoms with Gasteiger partial charge in [0, 0.05) is 5.57 Å². The molecule has 3 rings (SSSR count). The number of esters is 1. The van der Waals surface area contributed by atoms with E-state index >= 15 is 0 Å². The first kappa shape index (κ1) is 34.3. The summed E-state index contributed by atoms with van der Waals surface area (Å²) in [7, 11) is 0. The lowest BCUT2D eigenvalue weighted by atomic mass is 10.0. The summed E-state index contributed by atoms with van der Waals surface area (Å²) >= 11 is 0. The van der Waals surface area contributed by atoms with Gasteiger partial charge in [-0.25, -0.2) is 4.79 Å². The van der Waals surface area contributed by atoms with E-state index in [1.165, 1.54) is 57.8 Å². The Kier molecular flexibility index (Phi) is 16.6. The highest BCUT2D eigenvalue weighted by Crippen LogP contribution is 2.34. The highest BCUT2D eigenvalue weighted by molar-refractivity contribution is 5.91. The van der Waals surface area contributed by atoms with Crippen molar-refractivity contribution < 1.29 is 29.2 Å². The van der Waals surface area contributed by atoms with Gasteiger partial charge in [0.05, 0.1) is 36.6 Å². The van der Waals surface area contributed by atoms with Crippen LogP contribution in [-0.2, 0) is 19.0 Å². The molecule has 0 aromatic heterocycles. The van der Waals surface area contributed by atoms with Gasteiger partial charge in [-0.15, -0.1) is 0 Å². The molecule has 236 valence electrons. The molecule has 3 heterocycles. The number of unbranched alkanes of at least 4 members (excludes halogenated alkanes) is 12. The van der Waals surface area contributed by atoms with Gasteiger partial charge in [-0.05, 0) is 70.8 Å². The fourth-order valence-corrected chi connectivity index (χ4v) is 6.61. The van der Waals surface area contributed by atoms with E-state index in [4.69, 9.17) is 14.2 Å². The van der Waals surface area contributed by atoms with Gasteiger partial charge in [0.1, 0.15) is 6.10 Å². The quantitative estimate of drug-likeness (QED) is 0.0775. The lowest BCUT2D eigenvalue weighted by molar-refractivity contribution is -0.139. The van der Waals surface area contributed by atoms with Crippen LogP contribution >= 0.6 is 0 Å². The van der Waals surface area contributed by atoms with Crippen molar-refractivity contribution in [3.63, 3.8) is 0 Å². The summed E-state index contributed by atoms with van der Waals surface area (Å²) in [5, 5.41) is 21.4. The second-order valence-electron chi connectivity index (χ2n) is 12.8. The molecule has 2 saturated heterocycles. The summed E-state index contributed by atoms with van der Waals surface area (Å²) in [5.74, 6) is -0.178. The summed E-state index contributed by atoms with van der Waals surface area (Å²) in [4.78, 5) is 11.6. The second-order valence-corrected chi connectivity index (χ2v) is 12.8. The molecular formula is C35H60O6. The zero-order valence-electron chi connectivity index (χ0n) is 26.2. The van der Waals surface area contributed by atoms with Crippen molar-refractivity contribution in [2.45, 2.75) is 191 Å². The molecule has 7 atom stereocenters. The molecule has 6 heteroatoms. The average Bonchev–Trinajstić information content (AvgIpc) is 3.71. The van der Waals surface area contributed by atoms with Gasteiger partial charge < -0.3 is 24.4 Å². The molecule has 2 N–H and O–H groups in total. The molecule has 0 spiro atoms. The van der Waals surface area contributed by atoms with Gasteiger partial charge >= 0.3 is 5.97 Å². The second kappa shape index (κ2) is 19.9. The number of ether oxygens (including phenoxy) is 3. The minimum atomic E-state index is -0.396. The zero-order valence-corrected chi connectivity index (χ0v) is 26.2. The maximum atomic E-state index is 11.6. The summed E-state index contributed by atoms with van der Waals surface area (Å²) in [6, 6.07) is 0. The van der Waals surface area contributed by atoms with Crippen LogP contribution in [-0.4, -0.2) is 58.9 Å². The summed E-state index contributed by atoms with van der Waals surface area (Å²) in [5.41, 5.74) is 0.771. The third-order valence-corrected chi connectivity index (χ3v) is 9.16. The summed E-state index contributed by atoms with van der Waals surface area (Å²) in [6.45, 7) is 4.14. The van der Waals surface area contributed by atoms with Crippen LogP contribution in [0.15, 0.2) is 23.8 Å². The first-order valence-corrected chi connectivity index (χ1v) is 17.2. The van der Waals surface area contributed by atoms with Crippen LogP contribution in [0.5, 0.6) is 0 Å². The number of aliphatic hydroxyl groups excluding tert-OH is 2. The van der Waals surface area contributed by atoms with Crippen LogP contribution in [0.3, 0.4) is 0 Å². The van der Waals surface area contributed by atoms with Gasteiger partial charge in [-0.2, -0.15) is 0 Å². The number of allylic oxidation sites excluding steroid dienone is 2. The maximum absolute atomic E-state index is 11.6. The van der Waals surface area contributed by atoms with E-state index in [0.29, 0.717) is 6.42 Å². The SMILES string of the molecule is CCCCCCCCCC[C@H](O)[C@H]1CC[C@@H]([C@@H]2CC[C@H]([C@H](O)CCCCCCC/C=C/CC3=C[C@H](C)OC3=O)O2)O1. The number of hydrogen-bond donors (Lipinski definition) is 2. The minimum absolute atomic E-state index is 0.0556. The molecule has 0 aliphatic carbocycles. The Morgan fingerprint density at radius 1 is 0.756 bits per heavy atom. The van der Waals surface area contributed by atoms with E-state index in [0.717, 1.165) is 76.2 Å². The molecule has 0 aromatic carbocycles. The van der Waals surface area contributed by atoms with Crippen molar-refractivity contribution in [1.82, 2.24) is 0 Å². The van der Waals surface area contributed by atoms with Crippen LogP contribution in [0.4, 0.5) is 0 Å². The van der Waals surface area contributed by atoms with E-state index < -0.39 is 6.10 Å². The molecule has 3 aliphatic heterocycles. The smallest absolute Gasteiger partial charge is 0.334 e. The number of aliphatic hydroxyl groups is 2. The molecule has 0 bridgehead atoms. The maximum Gasteiger partial charge on any atom is 0.334 e. The fourth-order valence-electron chi connectivity index (χ4n) is 6.61. The van der Waals surface area contributed by atoms with Crippen molar-refractivity contribution in [1.29, 1.82) is 0 Å². The Hall–Kier alpha value is -1.21. The first-order valence-electron chi connectivity index (χ1n) is 17.2. The van der Waals surface area contributed by atoms with Gasteiger partial charge in [0.25, 0.3) is 0 Å². The normalized spacial score (nSPS) is 28.0. The molecule has 0 aromatic rings. The van der Waals surface area contributed by atoms with Crippen molar-refractivity contribution in [3.8, 4) is 0 Å². The Morgan fingerprint density at radius 2 is 1.27 bits per heavy atom. The number of cyclic esters (lactones) is 1. The van der Waals surface area contributed by atoms with Crippen molar-refractivity contribution >= 4 is 5.97 Å². The molecule has 6 nitrogen and oxygen atoms in total. The molecule has 0 amide bonds. The van der Waals surface area contributed by atoms with Gasteiger partial charge in [0.2, 0.25) is 0 Å². The Morgan fingerprint density at radius 3 is 1.78 bits per heavy atom. The van der Waals surface area contributed by atoms with Gasteiger partial charge in [0.15, 0.2) is 0 Å². The average molecular weight is 577 g/mol. The summed E-state index contributed by atoms with van der Waals surface area (Å²) < 4.78 is 17.7. The molecule has 0 radical (unpaired) electrons. The number of hydrogen-bond acceptors (Lipinski definition) is 6. The van der Waals surface area contributed by atoms with Crippen LogP contribution < -0.4 is 0 Å². The lowest BCUT2D eigenvalue weighted by Crippen LogP contribution is -2.33. The highest BCUT2D eigenvalue weighted by atomic mass is 16.6. The predicted octanol–water partition coefficient (Wildman–Crippen LogP) is 7.88.